The Kier molecular flexibility index (Phi) is 1.95. The number of H-pyrrole nitrogens is 1. The molecule has 0 amide bonds. The SMILES string of the molecule is O=S(=O)([O-])c1cccc2c1ccc1n[nH]nc12. The van der Waals surface area contributed by atoms with Crippen LogP contribution in [-0.4, -0.2) is 28.4 Å². The molecule has 0 saturated carbocycles. The fourth-order valence-electron chi connectivity index (χ4n) is 1.86. The lowest BCUT2D eigenvalue weighted by Crippen LogP contribution is -1.99. The third-order valence-corrected chi connectivity index (χ3v) is 3.47. The molecule has 0 saturated heterocycles. The summed E-state index contributed by atoms with van der Waals surface area (Å²) in [6.07, 6.45) is 0. The lowest BCUT2D eigenvalue weighted by molar-refractivity contribution is 0.464. The number of hydrogen-bond acceptors (Lipinski definition) is 5. The summed E-state index contributed by atoms with van der Waals surface area (Å²) in [5.74, 6) is 0. The van der Waals surface area contributed by atoms with Gasteiger partial charge in [-0.1, -0.05) is 18.2 Å². The molecule has 7 heteroatoms. The van der Waals surface area contributed by atoms with Crippen LogP contribution in [0.15, 0.2) is 35.2 Å². The summed E-state index contributed by atoms with van der Waals surface area (Å²) in [5.41, 5.74) is 1.17. The van der Waals surface area contributed by atoms with Gasteiger partial charge >= 0.3 is 0 Å². The minimum absolute atomic E-state index is 0.236. The van der Waals surface area contributed by atoms with E-state index in [1.807, 2.05) is 0 Å². The molecule has 86 valence electrons. The molecule has 1 N–H and O–H groups in total. The van der Waals surface area contributed by atoms with Crippen LogP contribution in [-0.2, 0) is 10.1 Å². The van der Waals surface area contributed by atoms with Gasteiger partial charge in [0.05, 0.1) is 4.90 Å². The van der Waals surface area contributed by atoms with Crippen LogP contribution >= 0.6 is 0 Å². The standard InChI is InChI=1S/C10H7N3O3S/c14-17(15,16)9-3-1-2-7-6(9)4-5-8-10(7)12-13-11-8/h1-5H,(H,11,12,13)(H,14,15,16)/p-1. The summed E-state index contributed by atoms with van der Waals surface area (Å²) in [4.78, 5) is -0.236. The van der Waals surface area contributed by atoms with E-state index in [1.54, 1.807) is 18.2 Å². The van der Waals surface area contributed by atoms with Crippen LogP contribution in [0.25, 0.3) is 21.8 Å². The normalized spacial score (nSPS) is 12.3. The number of fused-ring (bicyclic) bond motifs is 3. The Morgan fingerprint density at radius 2 is 1.88 bits per heavy atom. The van der Waals surface area contributed by atoms with Gasteiger partial charge in [-0.05, 0) is 12.1 Å². The van der Waals surface area contributed by atoms with Gasteiger partial charge in [-0.2, -0.15) is 15.4 Å². The van der Waals surface area contributed by atoms with Gasteiger partial charge in [0.15, 0.2) is 0 Å². The molecule has 0 aliphatic rings. The summed E-state index contributed by atoms with van der Waals surface area (Å²) >= 11 is 0. The molecule has 0 atom stereocenters. The van der Waals surface area contributed by atoms with Gasteiger partial charge in [0.1, 0.15) is 21.2 Å². The Balaban J connectivity index is 2.57. The van der Waals surface area contributed by atoms with Crippen molar-refractivity contribution in [3.05, 3.63) is 30.3 Å². The van der Waals surface area contributed by atoms with Crippen LogP contribution < -0.4 is 0 Å². The number of rotatable bonds is 1. The van der Waals surface area contributed by atoms with Crippen molar-refractivity contribution in [2.75, 3.05) is 0 Å². The Bertz CT molecular complexity index is 823. The molecule has 1 aromatic heterocycles. The second-order valence-corrected chi connectivity index (χ2v) is 4.91. The zero-order valence-electron chi connectivity index (χ0n) is 8.41. The lowest BCUT2D eigenvalue weighted by atomic mass is 10.1. The molecule has 0 spiro atoms. The first kappa shape index (κ1) is 10.2. The summed E-state index contributed by atoms with van der Waals surface area (Å²) in [6, 6.07) is 7.69. The Morgan fingerprint density at radius 1 is 1.06 bits per heavy atom. The van der Waals surface area contributed by atoms with Crippen molar-refractivity contribution in [3.8, 4) is 0 Å². The zero-order chi connectivity index (χ0) is 12.0. The molecule has 1 heterocycles. The first-order valence-electron chi connectivity index (χ1n) is 4.75. The summed E-state index contributed by atoms with van der Waals surface area (Å²) < 4.78 is 33.4. The molecule has 0 aliphatic carbocycles. The van der Waals surface area contributed by atoms with E-state index in [2.05, 4.69) is 15.4 Å². The average molecular weight is 248 g/mol. The topological polar surface area (TPSA) is 98.8 Å². The fraction of sp³-hybridized carbons (Fsp3) is 0. The predicted octanol–water partition coefficient (Wildman–Crippen LogP) is 1.02. The maximum absolute atomic E-state index is 11.1. The molecule has 3 aromatic rings. The number of benzene rings is 2. The highest BCUT2D eigenvalue weighted by molar-refractivity contribution is 7.86. The molecule has 2 aromatic carbocycles. The van der Waals surface area contributed by atoms with Gasteiger partial charge in [0.25, 0.3) is 0 Å². The first-order chi connectivity index (χ1) is 8.07. The van der Waals surface area contributed by atoms with Gasteiger partial charge < -0.3 is 4.55 Å². The molecule has 0 radical (unpaired) electrons. The number of aromatic amines is 1. The van der Waals surface area contributed by atoms with Crippen molar-refractivity contribution >= 4 is 31.9 Å². The molecular weight excluding hydrogens is 242 g/mol. The van der Waals surface area contributed by atoms with E-state index in [-0.39, 0.29) is 4.90 Å². The van der Waals surface area contributed by atoms with Crippen LogP contribution in [0.1, 0.15) is 0 Å². The van der Waals surface area contributed by atoms with E-state index in [0.717, 1.165) is 0 Å². The molecule has 0 bridgehead atoms. The van der Waals surface area contributed by atoms with Gasteiger partial charge in [0, 0.05) is 10.8 Å². The monoisotopic (exact) mass is 248 g/mol. The van der Waals surface area contributed by atoms with E-state index >= 15 is 0 Å². The van der Waals surface area contributed by atoms with Crippen LogP contribution in [0, 0.1) is 0 Å². The van der Waals surface area contributed by atoms with Crippen molar-refractivity contribution in [3.63, 3.8) is 0 Å². The van der Waals surface area contributed by atoms with Crippen molar-refractivity contribution < 1.29 is 13.0 Å². The molecule has 17 heavy (non-hydrogen) atoms. The summed E-state index contributed by atoms with van der Waals surface area (Å²) in [6.45, 7) is 0. The molecule has 0 aliphatic heterocycles. The van der Waals surface area contributed by atoms with E-state index in [4.69, 9.17) is 0 Å². The molecular formula is C10H6N3O3S-. The van der Waals surface area contributed by atoms with Gasteiger partial charge in [0.2, 0.25) is 0 Å². The van der Waals surface area contributed by atoms with Crippen molar-refractivity contribution in [2.45, 2.75) is 4.90 Å². The van der Waals surface area contributed by atoms with E-state index < -0.39 is 10.1 Å². The zero-order valence-corrected chi connectivity index (χ0v) is 9.23. The van der Waals surface area contributed by atoms with E-state index in [1.165, 1.54) is 12.1 Å². The first-order valence-corrected chi connectivity index (χ1v) is 6.16. The third kappa shape index (κ3) is 1.48. The van der Waals surface area contributed by atoms with Crippen LogP contribution in [0.5, 0.6) is 0 Å². The number of hydrogen-bond donors (Lipinski definition) is 1. The smallest absolute Gasteiger partial charge is 0.125 e. The largest absolute Gasteiger partial charge is 0.744 e. The van der Waals surface area contributed by atoms with Crippen molar-refractivity contribution in [2.24, 2.45) is 0 Å². The van der Waals surface area contributed by atoms with Crippen LogP contribution in [0.3, 0.4) is 0 Å². The van der Waals surface area contributed by atoms with Crippen molar-refractivity contribution in [1.82, 2.24) is 15.4 Å². The molecule has 3 rings (SSSR count). The number of nitrogens with zero attached hydrogens (tertiary/aromatic N) is 2. The highest BCUT2D eigenvalue weighted by Gasteiger charge is 2.10. The van der Waals surface area contributed by atoms with Crippen LogP contribution in [0.4, 0.5) is 0 Å². The quantitative estimate of drug-likeness (QED) is 0.648. The Hall–Kier alpha value is -1.99. The second kappa shape index (κ2) is 3.25. The number of nitrogens with one attached hydrogen (secondary N) is 1. The molecule has 0 fully saturated rings. The fourth-order valence-corrected chi connectivity index (χ4v) is 2.55. The molecule has 0 unspecified atom stereocenters. The maximum atomic E-state index is 11.1. The minimum atomic E-state index is -4.49. The highest BCUT2D eigenvalue weighted by Crippen LogP contribution is 2.27. The van der Waals surface area contributed by atoms with Gasteiger partial charge in [-0.25, -0.2) is 8.42 Å². The van der Waals surface area contributed by atoms with Crippen LogP contribution in [0.2, 0.25) is 0 Å². The lowest BCUT2D eigenvalue weighted by Gasteiger charge is -2.10. The number of aromatic nitrogens is 3. The predicted molar refractivity (Wildman–Crippen MR) is 59.4 cm³/mol. The van der Waals surface area contributed by atoms with Gasteiger partial charge in [-0.3, -0.25) is 0 Å². The summed E-state index contributed by atoms with van der Waals surface area (Å²) in [5, 5.41) is 11.3. The van der Waals surface area contributed by atoms with E-state index in [0.29, 0.717) is 21.8 Å². The highest BCUT2D eigenvalue weighted by atomic mass is 32.2. The van der Waals surface area contributed by atoms with E-state index in [9.17, 15) is 13.0 Å². The molecule has 6 nitrogen and oxygen atoms in total. The van der Waals surface area contributed by atoms with Crippen molar-refractivity contribution in [1.29, 1.82) is 0 Å². The Labute approximate surface area is 96.0 Å². The minimum Gasteiger partial charge on any atom is -0.744 e. The Morgan fingerprint density at radius 3 is 2.65 bits per heavy atom. The second-order valence-electron chi connectivity index (χ2n) is 3.56. The average Bonchev–Trinajstić information content (AvgIpc) is 2.75. The van der Waals surface area contributed by atoms with Gasteiger partial charge in [-0.15, -0.1) is 0 Å². The third-order valence-electron chi connectivity index (χ3n) is 2.57. The maximum Gasteiger partial charge on any atom is 0.125 e. The summed E-state index contributed by atoms with van der Waals surface area (Å²) in [7, 11) is -4.49.